The van der Waals surface area contributed by atoms with E-state index in [0.29, 0.717) is 10.8 Å². The number of nitrogens with zero attached hydrogens (tertiary/aromatic N) is 4. The van der Waals surface area contributed by atoms with Crippen molar-refractivity contribution in [3.8, 4) is 0 Å². The average Bonchev–Trinajstić information content (AvgIpc) is 1.25. The first-order valence-corrected chi connectivity index (χ1v) is 40.1. The summed E-state index contributed by atoms with van der Waals surface area (Å²) in [7, 11) is 0. The van der Waals surface area contributed by atoms with Gasteiger partial charge in [0.2, 0.25) is 0 Å². The summed E-state index contributed by atoms with van der Waals surface area (Å²) in [4.78, 5) is 14.5. The summed E-state index contributed by atoms with van der Waals surface area (Å²) >= 11 is 0. The van der Waals surface area contributed by atoms with Crippen LogP contribution in [0.5, 0.6) is 0 Å². The minimum atomic E-state index is 0.381. The first-order valence-electron chi connectivity index (χ1n) is 40.1. The highest BCUT2D eigenvalue weighted by Crippen LogP contribution is 2.71. The summed E-state index contributed by atoms with van der Waals surface area (Å²) in [6.07, 6.45) is 65.4. The second-order valence-corrected chi connectivity index (χ2v) is 38.3. The molecular formula is C78H130B2N4. The van der Waals surface area contributed by atoms with Crippen LogP contribution in [0, 0.1) is 70.0 Å². The van der Waals surface area contributed by atoms with E-state index in [1.54, 1.807) is 122 Å². The minimum Gasteiger partial charge on any atom is -0.295 e. The first kappa shape index (κ1) is 57.8. The summed E-state index contributed by atoms with van der Waals surface area (Å²) < 4.78 is 0. The Hall–Kier alpha value is -0.0301. The lowest BCUT2D eigenvalue weighted by Gasteiger charge is -2.74. The lowest BCUT2D eigenvalue weighted by Crippen LogP contribution is -2.78. The minimum absolute atomic E-state index is 0.381. The highest BCUT2D eigenvalue weighted by atomic mass is 15.3. The molecular weight excluding hydrogens is 1010 g/mol. The van der Waals surface area contributed by atoms with E-state index in [0.717, 1.165) is 180 Å². The molecule has 24 atom stereocenters. The maximum Gasteiger partial charge on any atom is 0.156 e. The van der Waals surface area contributed by atoms with E-state index in [1.807, 2.05) is 0 Å². The molecule has 0 aromatic heterocycles. The van der Waals surface area contributed by atoms with Gasteiger partial charge in [-0.05, 0) is 240 Å². The van der Waals surface area contributed by atoms with Crippen LogP contribution in [-0.2, 0) is 0 Å². The fourth-order valence-corrected chi connectivity index (χ4v) is 30.7. The molecule has 468 valence electrons. The maximum atomic E-state index is 3.68. The van der Waals surface area contributed by atoms with E-state index in [1.165, 1.54) is 148 Å². The smallest absolute Gasteiger partial charge is 0.156 e. The SMILES string of the molecule is CC(C)(C)C1CC2C3B(C4CC[C@H]([C@@H]5CCC6CCC7CCC[C@@H]8CCC5C6C78)CC4N2C2CCCCC2)[C@H]2C[C@H]4B5C6CCCCC6N(C6CCCCC6)[C@H]6C[C@@H](C(C)(C)C)CC(C56)N(C5CCCCC5)C4CC2N(C2CCCCC2)C3C1. The summed E-state index contributed by atoms with van der Waals surface area (Å²) in [5, 5.41) is 0. The normalized spacial score (nSPS) is 50.2. The molecule has 17 fully saturated rings. The van der Waals surface area contributed by atoms with E-state index in [4.69, 9.17) is 0 Å². The second kappa shape index (κ2) is 22.9. The van der Waals surface area contributed by atoms with Crippen LogP contribution in [0.2, 0.25) is 34.9 Å². The van der Waals surface area contributed by atoms with Gasteiger partial charge in [0.25, 0.3) is 0 Å². The third-order valence-corrected chi connectivity index (χ3v) is 33.5. The van der Waals surface area contributed by atoms with Crippen LogP contribution in [0.25, 0.3) is 0 Å². The predicted molar refractivity (Wildman–Crippen MR) is 355 cm³/mol. The Balaban J connectivity index is 0.795. The molecule has 13 aliphatic carbocycles. The monoisotopic (exact) mass is 1150 g/mol. The lowest BCUT2D eigenvalue weighted by molar-refractivity contribution is -0.119. The van der Waals surface area contributed by atoms with Crippen LogP contribution in [0.1, 0.15) is 311 Å². The van der Waals surface area contributed by atoms with Crippen molar-refractivity contribution in [3.05, 3.63) is 0 Å². The molecule has 4 nitrogen and oxygen atoms in total. The van der Waals surface area contributed by atoms with Crippen LogP contribution in [0.4, 0.5) is 0 Å². The van der Waals surface area contributed by atoms with Gasteiger partial charge in [-0.2, -0.15) is 0 Å². The number of rotatable bonds is 5. The highest BCUT2D eigenvalue weighted by molar-refractivity contribution is 6.67. The fraction of sp³-hybridized carbons (Fsp3) is 1.00. The van der Waals surface area contributed by atoms with Crippen molar-refractivity contribution in [1.29, 1.82) is 0 Å². The number of hydrogen-bond acceptors (Lipinski definition) is 4. The zero-order valence-corrected chi connectivity index (χ0v) is 55.8. The molecule has 0 radical (unpaired) electrons. The Morgan fingerprint density at radius 1 is 0.250 bits per heavy atom. The van der Waals surface area contributed by atoms with Crippen molar-refractivity contribution in [2.45, 2.75) is 419 Å². The molecule has 4 saturated heterocycles. The molecule has 0 N–H and O–H groups in total. The highest BCUT2D eigenvalue weighted by Gasteiger charge is 2.72. The molecule has 6 heteroatoms. The summed E-state index contributed by atoms with van der Waals surface area (Å²) in [6.45, 7) is 18.4. The standard InChI is InChI=1S/C78H130B2N4/c1-77(2,3)53-43-69-75-71(45-53)83(57-28-15-9-16-29-57)67-48-68-64(47-63(67)79(75)61-32-19-20-33-65(61)81(69)55-24-11-7-12-25-55)80-62-41-38-52(59-39-36-51-35-34-49-22-21-23-50-37-40-60(59)74(51)73(49)50)42-66(62)82(56-26-13-8-14-27-56)70-44-54(78(4,5)6)46-72(76(70)80)84(68)58-30-17-10-18-31-58/h49-76H,7-48H2,1-6H3/t49?,50-,51?,52+,53-,54?,59+,60?,61?,62?,63-,64+,65?,66?,67?,68?,69+,70?,71?,72?,73?,74?,75?,76?/m1/s1. The van der Waals surface area contributed by atoms with E-state index < -0.39 is 0 Å². The summed E-state index contributed by atoms with van der Waals surface area (Å²) in [6, 6.07) is 10.2. The third-order valence-electron chi connectivity index (χ3n) is 33.5. The molecule has 4 heterocycles. The van der Waals surface area contributed by atoms with Crippen LogP contribution in [0.3, 0.4) is 0 Å². The summed E-state index contributed by atoms with van der Waals surface area (Å²) in [5.41, 5.74) is 0.771. The van der Waals surface area contributed by atoms with E-state index in [-0.39, 0.29) is 0 Å². The average molecular weight is 1150 g/mol. The molecule has 0 amide bonds. The largest absolute Gasteiger partial charge is 0.295 e. The van der Waals surface area contributed by atoms with Crippen LogP contribution in [0.15, 0.2) is 0 Å². The van der Waals surface area contributed by atoms with Gasteiger partial charge in [-0.25, -0.2) is 0 Å². The van der Waals surface area contributed by atoms with Crippen molar-refractivity contribution in [1.82, 2.24) is 19.6 Å². The van der Waals surface area contributed by atoms with Crippen molar-refractivity contribution in [2.75, 3.05) is 0 Å². The van der Waals surface area contributed by atoms with E-state index >= 15 is 0 Å². The Kier molecular flexibility index (Phi) is 15.8. The quantitative estimate of drug-likeness (QED) is 0.254. The number of fused-ring (bicyclic) bond motifs is 8. The van der Waals surface area contributed by atoms with Gasteiger partial charge in [0.05, 0.1) is 0 Å². The van der Waals surface area contributed by atoms with Gasteiger partial charge >= 0.3 is 0 Å². The molecule has 4 aliphatic heterocycles. The van der Waals surface area contributed by atoms with Gasteiger partial charge in [-0.3, -0.25) is 19.6 Å². The predicted octanol–water partition coefficient (Wildman–Crippen LogP) is 19.7. The topological polar surface area (TPSA) is 13.0 Å². The van der Waals surface area contributed by atoms with Crippen LogP contribution in [-0.4, -0.2) is 106 Å². The maximum absolute atomic E-state index is 3.68. The summed E-state index contributed by atoms with van der Waals surface area (Å²) in [5.74, 6) is 16.2. The number of hydrogen-bond donors (Lipinski definition) is 0. The zero-order valence-electron chi connectivity index (χ0n) is 55.8. The van der Waals surface area contributed by atoms with E-state index in [9.17, 15) is 0 Å². The van der Waals surface area contributed by atoms with Crippen LogP contribution < -0.4 is 0 Å². The zero-order chi connectivity index (χ0) is 56.3. The van der Waals surface area contributed by atoms with E-state index in [2.05, 4.69) is 61.1 Å². The molecule has 0 aromatic carbocycles. The van der Waals surface area contributed by atoms with Crippen molar-refractivity contribution >= 4 is 13.4 Å². The van der Waals surface area contributed by atoms with Gasteiger partial charge in [-0.1, -0.05) is 176 Å². The van der Waals surface area contributed by atoms with Crippen molar-refractivity contribution < 1.29 is 0 Å². The van der Waals surface area contributed by atoms with Gasteiger partial charge in [0.15, 0.2) is 13.4 Å². The molecule has 17 rings (SSSR count). The molecule has 0 aromatic rings. The second-order valence-electron chi connectivity index (χ2n) is 38.3. The third kappa shape index (κ3) is 9.57. The van der Waals surface area contributed by atoms with Crippen LogP contribution >= 0.6 is 0 Å². The molecule has 17 aliphatic rings. The van der Waals surface area contributed by atoms with Crippen molar-refractivity contribution in [3.63, 3.8) is 0 Å². The Bertz CT molecular complexity index is 2260. The Morgan fingerprint density at radius 2 is 0.619 bits per heavy atom. The van der Waals surface area contributed by atoms with Gasteiger partial charge < -0.3 is 0 Å². The fourth-order valence-electron chi connectivity index (χ4n) is 30.7. The first-order chi connectivity index (χ1) is 41.0. The lowest BCUT2D eigenvalue weighted by atomic mass is 9.13. The van der Waals surface area contributed by atoms with Gasteiger partial charge in [0, 0.05) is 72.5 Å². The molecule has 0 bridgehead atoms. The van der Waals surface area contributed by atoms with Gasteiger partial charge in [0.1, 0.15) is 0 Å². The van der Waals surface area contributed by atoms with Gasteiger partial charge in [-0.15, -0.1) is 0 Å². The molecule has 84 heavy (non-hydrogen) atoms. The van der Waals surface area contributed by atoms with Crippen molar-refractivity contribution in [2.24, 2.45) is 70.0 Å². The molecule has 17 unspecified atom stereocenters. The molecule has 13 saturated carbocycles. The Morgan fingerprint density at radius 3 is 1.08 bits per heavy atom. The molecule has 0 spiro atoms. The Labute approximate surface area is 518 Å².